The number of nitrogens with one attached hydrogen (secondary N) is 1. The van der Waals surface area contributed by atoms with Crippen molar-refractivity contribution in [2.75, 3.05) is 55.1 Å². The molecule has 20 heavy (non-hydrogen) atoms. The van der Waals surface area contributed by atoms with E-state index in [1.807, 2.05) is 11.9 Å². The van der Waals surface area contributed by atoms with Crippen molar-refractivity contribution in [3.05, 3.63) is 0 Å². The van der Waals surface area contributed by atoms with Gasteiger partial charge in [0.05, 0.1) is 19.3 Å². The number of nitrogen functional groups attached to an aromatic ring is 1. The lowest BCUT2D eigenvalue weighted by Gasteiger charge is -2.28. The number of nitrogens with two attached hydrogens (primary N) is 1. The van der Waals surface area contributed by atoms with Crippen molar-refractivity contribution >= 4 is 17.8 Å². The predicted octanol–water partition coefficient (Wildman–Crippen LogP) is -1.19. The van der Waals surface area contributed by atoms with Gasteiger partial charge in [-0.3, -0.25) is 5.43 Å². The predicted molar refractivity (Wildman–Crippen MR) is 75.6 cm³/mol. The summed E-state index contributed by atoms with van der Waals surface area (Å²) in [5.74, 6) is 6.73. The van der Waals surface area contributed by atoms with Crippen molar-refractivity contribution in [3.8, 4) is 0 Å². The molecule has 1 aliphatic rings. The monoisotopic (exact) mass is 283 g/mol. The summed E-state index contributed by atoms with van der Waals surface area (Å²) in [6.45, 7) is 4.90. The van der Waals surface area contributed by atoms with Gasteiger partial charge >= 0.3 is 0 Å². The summed E-state index contributed by atoms with van der Waals surface area (Å²) >= 11 is 0. The number of aromatic nitrogens is 3. The van der Waals surface area contributed by atoms with Gasteiger partial charge in [0.2, 0.25) is 17.8 Å². The molecule has 9 heteroatoms. The van der Waals surface area contributed by atoms with Gasteiger partial charge in [0.15, 0.2) is 0 Å². The minimum absolute atomic E-state index is 0.300. The first kappa shape index (κ1) is 14.7. The molecule has 9 nitrogen and oxygen atoms in total. The van der Waals surface area contributed by atoms with Gasteiger partial charge in [-0.2, -0.15) is 15.0 Å². The number of ether oxygens (including phenoxy) is 1. The highest BCUT2D eigenvalue weighted by molar-refractivity contribution is 5.44. The van der Waals surface area contributed by atoms with E-state index < -0.39 is 6.10 Å². The highest BCUT2D eigenvalue weighted by Crippen LogP contribution is 2.16. The summed E-state index contributed by atoms with van der Waals surface area (Å²) in [4.78, 5) is 16.7. The largest absolute Gasteiger partial charge is 0.392 e. The van der Waals surface area contributed by atoms with E-state index in [9.17, 15) is 5.11 Å². The zero-order chi connectivity index (χ0) is 14.5. The molecule has 0 saturated carbocycles. The van der Waals surface area contributed by atoms with Gasteiger partial charge in [-0.1, -0.05) is 0 Å². The minimum Gasteiger partial charge on any atom is -0.392 e. The van der Waals surface area contributed by atoms with Crippen molar-refractivity contribution < 1.29 is 9.84 Å². The smallest absolute Gasteiger partial charge is 0.243 e. The summed E-state index contributed by atoms with van der Waals surface area (Å²) in [6, 6.07) is 0. The maximum atomic E-state index is 9.45. The Hall–Kier alpha value is -1.71. The second kappa shape index (κ2) is 6.64. The lowest BCUT2D eigenvalue weighted by molar-refractivity contribution is 0.122. The Morgan fingerprint density at radius 3 is 2.70 bits per heavy atom. The van der Waals surface area contributed by atoms with Crippen molar-refractivity contribution in [3.63, 3.8) is 0 Å². The summed E-state index contributed by atoms with van der Waals surface area (Å²) in [7, 11) is 1.81. The molecule has 0 bridgehead atoms. The third-order valence-electron chi connectivity index (χ3n) is 2.91. The summed E-state index contributed by atoms with van der Waals surface area (Å²) in [5, 5.41) is 9.45. The van der Waals surface area contributed by atoms with Gasteiger partial charge in [-0.05, 0) is 6.92 Å². The summed E-state index contributed by atoms with van der Waals surface area (Å²) in [5.41, 5.74) is 2.45. The van der Waals surface area contributed by atoms with Crippen LogP contribution in [0.5, 0.6) is 0 Å². The average Bonchev–Trinajstić information content (AvgIpc) is 2.47. The lowest BCUT2D eigenvalue weighted by Crippen LogP contribution is -2.38. The fourth-order valence-corrected chi connectivity index (χ4v) is 1.97. The van der Waals surface area contributed by atoms with E-state index in [1.54, 1.807) is 11.8 Å². The molecule has 1 atom stereocenters. The lowest BCUT2D eigenvalue weighted by atomic mass is 10.4. The number of morpholine rings is 1. The molecule has 0 spiro atoms. The average molecular weight is 283 g/mol. The first-order chi connectivity index (χ1) is 9.60. The first-order valence-corrected chi connectivity index (χ1v) is 6.54. The van der Waals surface area contributed by atoms with E-state index in [-0.39, 0.29) is 0 Å². The van der Waals surface area contributed by atoms with Crippen molar-refractivity contribution in [1.82, 2.24) is 15.0 Å². The zero-order valence-electron chi connectivity index (χ0n) is 11.8. The van der Waals surface area contributed by atoms with E-state index in [1.165, 1.54) is 0 Å². The standard InChI is InChI=1S/C11H21N7O2/c1-8(19)7-17(2)10-13-9(16-12)14-11(15-10)18-3-5-20-6-4-18/h8,19H,3-7,12H2,1-2H3,(H,13,14,15,16). The summed E-state index contributed by atoms with van der Waals surface area (Å²) < 4.78 is 5.31. The quantitative estimate of drug-likeness (QED) is 0.453. The van der Waals surface area contributed by atoms with Crippen molar-refractivity contribution in [1.29, 1.82) is 0 Å². The highest BCUT2D eigenvalue weighted by Gasteiger charge is 2.18. The Balaban J connectivity index is 2.23. The molecule has 0 amide bonds. The van der Waals surface area contributed by atoms with Crippen molar-refractivity contribution in [2.45, 2.75) is 13.0 Å². The second-order valence-corrected chi connectivity index (χ2v) is 4.73. The van der Waals surface area contributed by atoms with Crippen LogP contribution < -0.4 is 21.1 Å². The molecule has 2 heterocycles. The Kier molecular flexibility index (Phi) is 4.88. The van der Waals surface area contributed by atoms with E-state index in [4.69, 9.17) is 10.6 Å². The molecule has 112 valence electrons. The van der Waals surface area contributed by atoms with E-state index in [2.05, 4.69) is 20.4 Å². The summed E-state index contributed by atoms with van der Waals surface area (Å²) in [6.07, 6.45) is -0.474. The molecule has 0 radical (unpaired) electrons. The maximum absolute atomic E-state index is 9.45. The van der Waals surface area contributed by atoms with Gasteiger partial charge < -0.3 is 19.6 Å². The number of nitrogens with zero attached hydrogens (tertiary/aromatic N) is 5. The van der Waals surface area contributed by atoms with Crippen LogP contribution in [0.2, 0.25) is 0 Å². The number of anilines is 3. The van der Waals surface area contributed by atoms with Crippen LogP contribution in [0.3, 0.4) is 0 Å². The molecular weight excluding hydrogens is 262 g/mol. The minimum atomic E-state index is -0.474. The molecule has 1 aromatic rings. The van der Waals surface area contributed by atoms with Gasteiger partial charge in [0, 0.05) is 26.7 Å². The van der Waals surface area contributed by atoms with Crippen LogP contribution in [0, 0.1) is 0 Å². The van der Waals surface area contributed by atoms with Crippen LogP contribution in [0.4, 0.5) is 17.8 Å². The number of aliphatic hydroxyl groups is 1. The molecule has 1 aromatic heterocycles. The number of hydrazine groups is 1. The Morgan fingerprint density at radius 2 is 2.10 bits per heavy atom. The molecule has 1 aliphatic heterocycles. The van der Waals surface area contributed by atoms with Crippen LogP contribution in [-0.2, 0) is 4.74 Å². The van der Waals surface area contributed by atoms with Crippen LogP contribution >= 0.6 is 0 Å². The van der Waals surface area contributed by atoms with E-state index in [0.29, 0.717) is 37.6 Å². The number of likely N-dealkylation sites (N-methyl/N-ethyl adjacent to an activating group) is 1. The van der Waals surface area contributed by atoms with Gasteiger partial charge in [0.25, 0.3) is 0 Å². The highest BCUT2D eigenvalue weighted by atomic mass is 16.5. The Labute approximate surface area is 117 Å². The SMILES string of the molecule is CC(O)CN(C)c1nc(NN)nc(N2CCOCC2)n1. The molecule has 2 rings (SSSR count). The van der Waals surface area contributed by atoms with Crippen LogP contribution in [0.25, 0.3) is 0 Å². The number of hydrogen-bond acceptors (Lipinski definition) is 9. The number of hydrogen-bond donors (Lipinski definition) is 3. The van der Waals surface area contributed by atoms with Crippen LogP contribution in [0.15, 0.2) is 0 Å². The molecule has 1 unspecified atom stereocenters. The third-order valence-corrected chi connectivity index (χ3v) is 2.91. The van der Waals surface area contributed by atoms with Crippen molar-refractivity contribution in [2.24, 2.45) is 5.84 Å². The first-order valence-electron chi connectivity index (χ1n) is 6.54. The molecule has 1 fully saturated rings. The second-order valence-electron chi connectivity index (χ2n) is 4.73. The third kappa shape index (κ3) is 3.65. The fraction of sp³-hybridized carbons (Fsp3) is 0.727. The van der Waals surface area contributed by atoms with E-state index in [0.717, 1.165) is 13.1 Å². The van der Waals surface area contributed by atoms with E-state index >= 15 is 0 Å². The normalized spacial score (nSPS) is 16.9. The Morgan fingerprint density at radius 1 is 1.40 bits per heavy atom. The number of rotatable bonds is 5. The molecule has 0 aromatic carbocycles. The molecule has 1 saturated heterocycles. The zero-order valence-corrected chi connectivity index (χ0v) is 11.8. The molecule has 0 aliphatic carbocycles. The fourth-order valence-electron chi connectivity index (χ4n) is 1.97. The number of aliphatic hydroxyl groups excluding tert-OH is 1. The van der Waals surface area contributed by atoms with Gasteiger partial charge in [-0.15, -0.1) is 0 Å². The van der Waals surface area contributed by atoms with Crippen LogP contribution in [0.1, 0.15) is 6.92 Å². The molecular formula is C11H21N7O2. The topological polar surface area (TPSA) is 113 Å². The Bertz CT molecular complexity index is 437. The van der Waals surface area contributed by atoms with Crippen LogP contribution in [-0.4, -0.2) is 66.1 Å². The maximum Gasteiger partial charge on any atom is 0.243 e. The van der Waals surface area contributed by atoms with Gasteiger partial charge in [0.1, 0.15) is 0 Å². The van der Waals surface area contributed by atoms with Gasteiger partial charge in [-0.25, -0.2) is 5.84 Å². The molecule has 4 N–H and O–H groups in total.